The first-order chi connectivity index (χ1) is 15.2. The molecule has 3 heterocycles. The molecule has 166 valence electrons. The Hall–Kier alpha value is -2.98. The van der Waals surface area contributed by atoms with E-state index in [1.54, 1.807) is 17.5 Å². The molecule has 0 bridgehead atoms. The van der Waals surface area contributed by atoms with Crippen molar-refractivity contribution in [2.24, 2.45) is 0 Å². The molecular formula is C22H15F4NO3S2. The lowest BCUT2D eigenvalue weighted by Gasteiger charge is -2.11. The summed E-state index contributed by atoms with van der Waals surface area (Å²) in [6.45, 7) is 1.34. The normalized spacial score (nSPS) is 11.7. The Morgan fingerprint density at radius 2 is 1.88 bits per heavy atom. The summed E-state index contributed by atoms with van der Waals surface area (Å²) in [4.78, 5) is 17.7. The summed E-state index contributed by atoms with van der Waals surface area (Å²) in [5, 5.41) is 1.66. The number of ether oxygens (including phenoxy) is 2. The zero-order valence-electron chi connectivity index (χ0n) is 16.5. The van der Waals surface area contributed by atoms with Crippen molar-refractivity contribution in [3.63, 3.8) is 0 Å². The molecule has 0 unspecified atom stereocenters. The summed E-state index contributed by atoms with van der Waals surface area (Å²) in [6, 6.07) is 9.77. The number of thiophene rings is 2. The first-order valence-electron chi connectivity index (χ1n) is 9.34. The van der Waals surface area contributed by atoms with E-state index in [4.69, 9.17) is 9.47 Å². The van der Waals surface area contributed by atoms with Crippen LogP contribution in [0.4, 0.5) is 17.6 Å². The summed E-state index contributed by atoms with van der Waals surface area (Å²) >= 11 is 2.15. The van der Waals surface area contributed by atoms with Crippen molar-refractivity contribution in [3.05, 3.63) is 69.7 Å². The second-order valence-corrected chi connectivity index (χ2v) is 8.65. The predicted molar refractivity (Wildman–Crippen MR) is 115 cm³/mol. The Bertz CT molecular complexity index is 1250. The molecule has 0 radical (unpaired) electrons. The number of aryl methyl sites for hydroxylation is 1. The number of benzene rings is 1. The molecule has 10 heteroatoms. The van der Waals surface area contributed by atoms with Crippen molar-refractivity contribution >= 4 is 38.9 Å². The van der Waals surface area contributed by atoms with E-state index in [2.05, 4.69) is 4.98 Å². The number of carbonyl (C=O) groups is 1. The zero-order valence-corrected chi connectivity index (χ0v) is 18.2. The van der Waals surface area contributed by atoms with Crippen LogP contribution in [-0.4, -0.2) is 24.2 Å². The van der Waals surface area contributed by atoms with Gasteiger partial charge in [0.25, 0.3) is 0 Å². The highest BCUT2D eigenvalue weighted by atomic mass is 32.1. The summed E-state index contributed by atoms with van der Waals surface area (Å²) in [5.41, 5.74) is -0.459. The van der Waals surface area contributed by atoms with E-state index in [1.165, 1.54) is 42.5 Å². The Kier molecular flexibility index (Phi) is 6.16. The van der Waals surface area contributed by atoms with E-state index < -0.39 is 23.5 Å². The predicted octanol–water partition coefficient (Wildman–Crippen LogP) is 6.73. The molecule has 4 nitrogen and oxygen atoms in total. The molecule has 0 saturated carbocycles. The average molecular weight is 481 g/mol. The number of alkyl halides is 3. The molecule has 4 rings (SSSR count). The maximum atomic E-state index is 13.8. The maximum absolute atomic E-state index is 13.8. The highest BCUT2D eigenvalue weighted by molar-refractivity contribution is 7.20. The van der Waals surface area contributed by atoms with Crippen LogP contribution in [0.15, 0.2) is 47.8 Å². The SMILES string of the molecule is Cc1c(C(=O)OCCOc2ccc(F)cc2)sc2nc(-c3cccs3)cc(C(F)(F)F)c12. The molecule has 0 aliphatic carbocycles. The second-order valence-electron chi connectivity index (χ2n) is 6.70. The average Bonchev–Trinajstić information content (AvgIpc) is 3.39. The van der Waals surface area contributed by atoms with Crippen LogP contribution in [0, 0.1) is 12.7 Å². The summed E-state index contributed by atoms with van der Waals surface area (Å²) in [7, 11) is 0. The molecule has 0 atom stereocenters. The molecule has 4 aromatic rings. The minimum atomic E-state index is -4.61. The number of fused-ring (bicyclic) bond motifs is 1. The number of carbonyl (C=O) groups excluding carboxylic acids is 1. The van der Waals surface area contributed by atoms with Gasteiger partial charge in [0, 0.05) is 5.39 Å². The first kappa shape index (κ1) is 22.2. The van der Waals surface area contributed by atoms with Crippen LogP contribution in [0.25, 0.3) is 20.8 Å². The monoisotopic (exact) mass is 481 g/mol. The summed E-state index contributed by atoms with van der Waals surface area (Å²) in [5.74, 6) is -0.752. The Labute approximate surface area is 188 Å². The molecule has 0 amide bonds. The Morgan fingerprint density at radius 1 is 1.12 bits per heavy atom. The molecule has 0 saturated heterocycles. The van der Waals surface area contributed by atoms with Crippen molar-refractivity contribution < 1.29 is 31.8 Å². The lowest BCUT2D eigenvalue weighted by Crippen LogP contribution is -2.12. The van der Waals surface area contributed by atoms with Crippen molar-refractivity contribution in [2.45, 2.75) is 13.1 Å². The molecule has 0 aliphatic heterocycles. The molecule has 3 aromatic heterocycles. The zero-order chi connectivity index (χ0) is 22.9. The van der Waals surface area contributed by atoms with Gasteiger partial charge >= 0.3 is 12.1 Å². The van der Waals surface area contributed by atoms with Gasteiger partial charge < -0.3 is 9.47 Å². The fraction of sp³-hybridized carbons (Fsp3) is 0.182. The van der Waals surface area contributed by atoms with Crippen LogP contribution in [0.2, 0.25) is 0 Å². The number of pyridine rings is 1. The molecule has 32 heavy (non-hydrogen) atoms. The summed E-state index contributed by atoms with van der Waals surface area (Å²) < 4.78 is 64.8. The number of hydrogen-bond acceptors (Lipinski definition) is 6. The van der Waals surface area contributed by atoms with Crippen LogP contribution in [0.3, 0.4) is 0 Å². The van der Waals surface area contributed by atoms with Crippen LogP contribution in [0.5, 0.6) is 5.75 Å². The first-order valence-corrected chi connectivity index (χ1v) is 11.0. The van der Waals surface area contributed by atoms with Crippen molar-refractivity contribution in [3.8, 4) is 16.3 Å². The Morgan fingerprint density at radius 3 is 2.53 bits per heavy atom. The van der Waals surface area contributed by atoms with E-state index >= 15 is 0 Å². The van der Waals surface area contributed by atoms with E-state index in [9.17, 15) is 22.4 Å². The highest BCUT2D eigenvalue weighted by Gasteiger charge is 2.36. The molecular weight excluding hydrogens is 466 g/mol. The summed E-state index contributed by atoms with van der Waals surface area (Å²) in [6.07, 6.45) is -4.61. The van der Waals surface area contributed by atoms with E-state index in [0.29, 0.717) is 10.6 Å². The van der Waals surface area contributed by atoms with Gasteiger partial charge in [-0.2, -0.15) is 13.2 Å². The van der Waals surface area contributed by atoms with E-state index in [0.717, 1.165) is 17.4 Å². The van der Waals surface area contributed by atoms with Crippen molar-refractivity contribution in [1.82, 2.24) is 4.98 Å². The van der Waals surface area contributed by atoms with Crippen molar-refractivity contribution in [2.75, 3.05) is 13.2 Å². The van der Waals surface area contributed by atoms with Gasteiger partial charge in [0.2, 0.25) is 0 Å². The van der Waals surface area contributed by atoms with E-state index in [-0.39, 0.29) is 39.6 Å². The number of hydrogen-bond donors (Lipinski definition) is 0. The fourth-order valence-electron chi connectivity index (χ4n) is 3.10. The topological polar surface area (TPSA) is 48.4 Å². The van der Waals surface area contributed by atoms with Gasteiger partial charge in [-0.05, 0) is 54.3 Å². The second kappa shape index (κ2) is 8.87. The van der Waals surface area contributed by atoms with Crippen LogP contribution >= 0.6 is 22.7 Å². The molecule has 1 aromatic carbocycles. The number of aromatic nitrogens is 1. The minimum Gasteiger partial charge on any atom is -0.490 e. The number of rotatable bonds is 6. The minimum absolute atomic E-state index is 0.00981. The molecule has 0 fully saturated rings. The number of esters is 1. The van der Waals surface area contributed by atoms with Gasteiger partial charge in [-0.15, -0.1) is 22.7 Å². The third kappa shape index (κ3) is 4.61. The van der Waals surface area contributed by atoms with Gasteiger partial charge in [0.05, 0.1) is 16.1 Å². The van der Waals surface area contributed by atoms with Crippen LogP contribution in [-0.2, 0) is 10.9 Å². The molecule has 0 spiro atoms. The standard InChI is InChI=1S/C22H15F4NO3S2/c1-12-18-15(22(24,25)26)11-16(17-3-2-10-31-17)27-20(18)32-19(12)21(28)30-9-8-29-14-6-4-13(23)5-7-14/h2-7,10-11H,8-9H2,1H3. The van der Waals surface area contributed by atoms with Gasteiger partial charge in [0.1, 0.15) is 34.5 Å². The maximum Gasteiger partial charge on any atom is 0.417 e. The van der Waals surface area contributed by atoms with E-state index in [1.807, 2.05) is 0 Å². The smallest absolute Gasteiger partial charge is 0.417 e. The fourth-order valence-corrected chi connectivity index (χ4v) is 4.89. The third-order valence-electron chi connectivity index (χ3n) is 4.56. The molecule has 0 aliphatic rings. The van der Waals surface area contributed by atoms with Crippen LogP contribution in [0.1, 0.15) is 20.8 Å². The highest BCUT2D eigenvalue weighted by Crippen LogP contribution is 2.42. The van der Waals surface area contributed by atoms with Crippen molar-refractivity contribution in [1.29, 1.82) is 0 Å². The third-order valence-corrected chi connectivity index (χ3v) is 6.62. The van der Waals surface area contributed by atoms with Gasteiger partial charge in [-0.25, -0.2) is 14.2 Å². The largest absolute Gasteiger partial charge is 0.490 e. The van der Waals surface area contributed by atoms with Gasteiger partial charge in [-0.3, -0.25) is 0 Å². The lowest BCUT2D eigenvalue weighted by atomic mass is 10.1. The van der Waals surface area contributed by atoms with Gasteiger partial charge in [-0.1, -0.05) is 6.07 Å². The quantitative estimate of drug-likeness (QED) is 0.174. The van der Waals surface area contributed by atoms with Crippen LogP contribution < -0.4 is 4.74 Å². The Balaban J connectivity index is 1.56. The number of halogens is 4. The lowest BCUT2D eigenvalue weighted by molar-refractivity contribution is -0.136. The van der Waals surface area contributed by atoms with Gasteiger partial charge in [0.15, 0.2) is 0 Å². The molecule has 0 N–H and O–H groups in total. The number of nitrogens with zero attached hydrogens (tertiary/aromatic N) is 1.